The maximum Gasteiger partial charge on any atom is 0.265 e. The molecule has 1 amide bonds. The number of carbonyl (C=O) groups is 1. The van der Waals surface area contributed by atoms with Crippen LogP contribution >= 0.6 is 22.9 Å². The van der Waals surface area contributed by atoms with Gasteiger partial charge in [0.05, 0.1) is 5.02 Å². The predicted octanol–water partition coefficient (Wildman–Crippen LogP) is 3.07. The van der Waals surface area contributed by atoms with E-state index in [0.717, 1.165) is 18.8 Å². The van der Waals surface area contributed by atoms with Crippen molar-refractivity contribution in [3.8, 4) is 5.75 Å². The lowest BCUT2D eigenvalue weighted by Crippen LogP contribution is -2.48. The molecule has 1 aromatic heterocycles. The summed E-state index contributed by atoms with van der Waals surface area (Å²) in [6.07, 6.45) is 0. The van der Waals surface area contributed by atoms with E-state index in [1.54, 1.807) is 18.2 Å². The Labute approximate surface area is 132 Å². The van der Waals surface area contributed by atoms with Gasteiger partial charge >= 0.3 is 0 Å². The standard InChI is InChI=1S/C15H15ClN2O2S/c16-13-5-10-21-14(13)15(20)18-8-6-17(7-9-18)11-1-3-12(19)4-2-11/h1-5,10,19H,6-9H2. The second kappa shape index (κ2) is 5.95. The highest BCUT2D eigenvalue weighted by Gasteiger charge is 2.24. The zero-order valence-electron chi connectivity index (χ0n) is 11.3. The van der Waals surface area contributed by atoms with Gasteiger partial charge in [-0.05, 0) is 35.7 Å². The number of thiophene rings is 1. The van der Waals surface area contributed by atoms with Crippen molar-refractivity contribution in [3.05, 3.63) is 45.6 Å². The largest absolute Gasteiger partial charge is 0.508 e. The maximum atomic E-state index is 12.4. The van der Waals surface area contributed by atoms with E-state index < -0.39 is 0 Å². The van der Waals surface area contributed by atoms with Gasteiger partial charge in [-0.25, -0.2) is 0 Å². The fourth-order valence-electron chi connectivity index (χ4n) is 2.42. The van der Waals surface area contributed by atoms with Crippen molar-refractivity contribution < 1.29 is 9.90 Å². The van der Waals surface area contributed by atoms with Gasteiger partial charge < -0.3 is 14.9 Å². The van der Waals surface area contributed by atoms with Crippen LogP contribution in [0, 0.1) is 0 Å². The van der Waals surface area contributed by atoms with Crippen LogP contribution in [0.4, 0.5) is 5.69 Å². The molecule has 0 radical (unpaired) electrons. The second-order valence-electron chi connectivity index (χ2n) is 4.89. The van der Waals surface area contributed by atoms with Crippen LogP contribution in [-0.2, 0) is 0 Å². The van der Waals surface area contributed by atoms with E-state index in [1.165, 1.54) is 11.3 Å². The Balaban J connectivity index is 1.64. The van der Waals surface area contributed by atoms with Crippen molar-refractivity contribution in [3.63, 3.8) is 0 Å². The average Bonchev–Trinajstić information content (AvgIpc) is 2.94. The van der Waals surface area contributed by atoms with E-state index in [9.17, 15) is 9.90 Å². The van der Waals surface area contributed by atoms with Gasteiger partial charge in [0.2, 0.25) is 0 Å². The van der Waals surface area contributed by atoms with Gasteiger partial charge in [0, 0.05) is 31.9 Å². The second-order valence-corrected chi connectivity index (χ2v) is 6.22. The fraction of sp³-hybridized carbons (Fsp3) is 0.267. The molecule has 0 saturated carbocycles. The Kier molecular flexibility index (Phi) is 4.03. The van der Waals surface area contributed by atoms with Crippen LogP contribution in [0.2, 0.25) is 5.02 Å². The molecule has 0 bridgehead atoms. The summed E-state index contributed by atoms with van der Waals surface area (Å²) in [5.74, 6) is 0.278. The van der Waals surface area contributed by atoms with E-state index in [2.05, 4.69) is 4.90 Å². The molecule has 0 spiro atoms. The highest BCUT2D eigenvalue weighted by molar-refractivity contribution is 7.12. The average molecular weight is 323 g/mol. The summed E-state index contributed by atoms with van der Waals surface area (Å²) in [6.45, 7) is 2.90. The van der Waals surface area contributed by atoms with Gasteiger partial charge in [-0.2, -0.15) is 0 Å². The Morgan fingerprint density at radius 1 is 1.10 bits per heavy atom. The van der Waals surface area contributed by atoms with E-state index in [1.807, 2.05) is 22.4 Å². The van der Waals surface area contributed by atoms with Gasteiger partial charge in [0.25, 0.3) is 5.91 Å². The van der Waals surface area contributed by atoms with Crippen LogP contribution < -0.4 is 4.90 Å². The number of halogens is 1. The normalized spacial score (nSPS) is 15.3. The van der Waals surface area contributed by atoms with Gasteiger partial charge in [-0.15, -0.1) is 11.3 Å². The quantitative estimate of drug-likeness (QED) is 0.924. The number of hydrogen-bond acceptors (Lipinski definition) is 4. The highest BCUT2D eigenvalue weighted by Crippen LogP contribution is 2.25. The number of rotatable bonds is 2. The van der Waals surface area contributed by atoms with E-state index in [0.29, 0.717) is 23.0 Å². The minimum absolute atomic E-state index is 0.0142. The third-order valence-electron chi connectivity index (χ3n) is 3.59. The van der Waals surface area contributed by atoms with Crippen molar-refractivity contribution in [2.45, 2.75) is 0 Å². The number of nitrogens with zero attached hydrogens (tertiary/aromatic N) is 2. The van der Waals surface area contributed by atoms with Crippen molar-refractivity contribution >= 4 is 34.5 Å². The lowest BCUT2D eigenvalue weighted by molar-refractivity contribution is 0.0752. The monoisotopic (exact) mass is 322 g/mol. The van der Waals surface area contributed by atoms with E-state index in [4.69, 9.17) is 11.6 Å². The lowest BCUT2D eigenvalue weighted by Gasteiger charge is -2.36. The SMILES string of the molecule is O=C(c1sccc1Cl)N1CCN(c2ccc(O)cc2)CC1. The van der Waals surface area contributed by atoms with Crippen LogP contribution in [0.3, 0.4) is 0 Å². The summed E-state index contributed by atoms with van der Waals surface area (Å²) >= 11 is 7.41. The first-order chi connectivity index (χ1) is 10.1. The zero-order chi connectivity index (χ0) is 14.8. The molecule has 21 heavy (non-hydrogen) atoms. The number of phenolic OH excluding ortho intramolecular Hbond substituents is 1. The molecule has 110 valence electrons. The molecule has 1 aromatic carbocycles. The molecule has 1 aliphatic heterocycles. The summed E-state index contributed by atoms with van der Waals surface area (Å²) in [6, 6.07) is 8.90. The lowest BCUT2D eigenvalue weighted by atomic mass is 10.2. The first-order valence-electron chi connectivity index (χ1n) is 6.71. The molecule has 1 aliphatic rings. The van der Waals surface area contributed by atoms with Crippen molar-refractivity contribution in [1.82, 2.24) is 4.90 Å². The van der Waals surface area contributed by atoms with E-state index in [-0.39, 0.29) is 11.7 Å². The summed E-state index contributed by atoms with van der Waals surface area (Å²) in [4.78, 5) is 17.0. The number of anilines is 1. The number of hydrogen-bond donors (Lipinski definition) is 1. The summed E-state index contributed by atoms with van der Waals surface area (Å²) < 4.78 is 0. The molecule has 0 aliphatic carbocycles. The number of carbonyl (C=O) groups excluding carboxylic acids is 1. The van der Waals surface area contributed by atoms with Gasteiger partial charge in [-0.1, -0.05) is 11.6 Å². The number of amides is 1. The van der Waals surface area contributed by atoms with Crippen LogP contribution in [0.1, 0.15) is 9.67 Å². The molecule has 2 heterocycles. The predicted molar refractivity (Wildman–Crippen MR) is 85.6 cm³/mol. The van der Waals surface area contributed by atoms with Gasteiger partial charge in [-0.3, -0.25) is 4.79 Å². The number of aromatic hydroxyl groups is 1. The summed E-state index contributed by atoms with van der Waals surface area (Å²) in [5, 5.41) is 11.7. The molecule has 6 heteroatoms. The summed E-state index contributed by atoms with van der Waals surface area (Å²) in [7, 11) is 0. The molecule has 1 fully saturated rings. The fourth-order valence-corrected chi connectivity index (χ4v) is 3.52. The minimum atomic E-state index is 0.0142. The summed E-state index contributed by atoms with van der Waals surface area (Å²) in [5.41, 5.74) is 1.06. The molecule has 0 atom stereocenters. The Morgan fingerprint density at radius 3 is 2.33 bits per heavy atom. The molecular weight excluding hydrogens is 308 g/mol. The Hall–Kier alpha value is -1.72. The van der Waals surface area contributed by atoms with Crippen molar-refractivity contribution in [2.24, 2.45) is 0 Å². The maximum absolute atomic E-state index is 12.4. The Morgan fingerprint density at radius 2 is 1.76 bits per heavy atom. The molecule has 1 saturated heterocycles. The topological polar surface area (TPSA) is 43.8 Å². The third kappa shape index (κ3) is 2.99. The molecule has 3 rings (SSSR count). The molecule has 4 nitrogen and oxygen atoms in total. The molecule has 2 aromatic rings. The third-order valence-corrected chi connectivity index (χ3v) is 4.92. The molecule has 0 unspecified atom stereocenters. The number of phenols is 1. The van der Waals surface area contributed by atoms with Gasteiger partial charge in [0.1, 0.15) is 10.6 Å². The van der Waals surface area contributed by atoms with Gasteiger partial charge in [0.15, 0.2) is 0 Å². The van der Waals surface area contributed by atoms with Crippen LogP contribution in [0.25, 0.3) is 0 Å². The van der Waals surface area contributed by atoms with Crippen molar-refractivity contribution in [2.75, 3.05) is 31.1 Å². The molecule has 1 N–H and O–H groups in total. The smallest absolute Gasteiger partial charge is 0.265 e. The first-order valence-corrected chi connectivity index (χ1v) is 7.97. The minimum Gasteiger partial charge on any atom is -0.508 e. The first kappa shape index (κ1) is 14.2. The van der Waals surface area contributed by atoms with Crippen LogP contribution in [0.5, 0.6) is 5.75 Å². The zero-order valence-corrected chi connectivity index (χ0v) is 12.9. The van der Waals surface area contributed by atoms with Crippen LogP contribution in [-0.4, -0.2) is 42.1 Å². The highest BCUT2D eigenvalue weighted by atomic mass is 35.5. The van der Waals surface area contributed by atoms with Crippen molar-refractivity contribution in [1.29, 1.82) is 0 Å². The number of piperazine rings is 1. The number of benzene rings is 1. The van der Waals surface area contributed by atoms with E-state index >= 15 is 0 Å². The van der Waals surface area contributed by atoms with Crippen LogP contribution in [0.15, 0.2) is 35.7 Å². The Bertz CT molecular complexity index is 633. The molecular formula is C15H15ClN2O2S.